The fourth-order valence-electron chi connectivity index (χ4n) is 2.84. The van der Waals surface area contributed by atoms with Gasteiger partial charge in [0.1, 0.15) is 0 Å². The monoisotopic (exact) mass is 232 g/mol. The zero-order chi connectivity index (χ0) is 12.1. The molecule has 0 aliphatic carbocycles. The number of likely N-dealkylation sites (N-methyl/N-ethyl adjacent to an activating group) is 1. The molecular formula is C15H24N2. The maximum absolute atomic E-state index is 3.45. The van der Waals surface area contributed by atoms with Gasteiger partial charge in [0.25, 0.3) is 0 Å². The summed E-state index contributed by atoms with van der Waals surface area (Å²) in [7, 11) is 2.06. The van der Waals surface area contributed by atoms with Gasteiger partial charge in [0.05, 0.1) is 0 Å². The molecule has 2 nitrogen and oxygen atoms in total. The molecule has 2 N–H and O–H groups in total. The van der Waals surface area contributed by atoms with E-state index in [1.165, 1.54) is 37.1 Å². The van der Waals surface area contributed by atoms with Crippen LogP contribution in [0, 0.1) is 12.8 Å². The Morgan fingerprint density at radius 1 is 1.24 bits per heavy atom. The second-order valence-electron chi connectivity index (χ2n) is 5.16. The normalized spacial score (nSPS) is 19.2. The fourth-order valence-corrected chi connectivity index (χ4v) is 2.84. The Balaban J connectivity index is 2.12. The standard InChI is InChI=1S/C15H24N2/c1-12-3-5-13(6-4-12)15(11-16-2)14-7-9-17-10-8-14/h3-6,14-17H,7-11H2,1-2H3. The van der Waals surface area contributed by atoms with Crippen molar-refractivity contribution < 1.29 is 0 Å². The smallest absolute Gasteiger partial charge is 0.00198 e. The highest BCUT2D eigenvalue weighted by molar-refractivity contribution is 5.25. The zero-order valence-electron chi connectivity index (χ0n) is 11.0. The number of piperidine rings is 1. The third-order valence-corrected chi connectivity index (χ3v) is 3.88. The van der Waals surface area contributed by atoms with Crippen molar-refractivity contribution in [2.24, 2.45) is 5.92 Å². The minimum atomic E-state index is 0.669. The molecule has 1 aliphatic heterocycles. The predicted molar refractivity (Wildman–Crippen MR) is 73.4 cm³/mol. The number of aryl methyl sites for hydroxylation is 1. The Hall–Kier alpha value is -0.860. The Bertz CT molecular complexity index is 325. The van der Waals surface area contributed by atoms with Gasteiger partial charge in [0, 0.05) is 6.54 Å². The van der Waals surface area contributed by atoms with Crippen molar-refractivity contribution in [3.63, 3.8) is 0 Å². The third kappa shape index (κ3) is 3.30. The molecule has 17 heavy (non-hydrogen) atoms. The highest BCUT2D eigenvalue weighted by atomic mass is 14.9. The van der Waals surface area contributed by atoms with Gasteiger partial charge >= 0.3 is 0 Å². The summed E-state index contributed by atoms with van der Waals surface area (Å²) in [5.74, 6) is 1.49. The van der Waals surface area contributed by atoms with E-state index in [2.05, 4.69) is 48.9 Å². The first kappa shape index (κ1) is 12.6. The molecule has 1 aromatic carbocycles. The summed E-state index contributed by atoms with van der Waals surface area (Å²) in [6.45, 7) is 5.60. The molecule has 1 saturated heterocycles. The van der Waals surface area contributed by atoms with Crippen LogP contribution in [0.4, 0.5) is 0 Å². The van der Waals surface area contributed by atoms with E-state index < -0.39 is 0 Å². The molecule has 1 heterocycles. The van der Waals surface area contributed by atoms with Gasteiger partial charge in [-0.25, -0.2) is 0 Å². The lowest BCUT2D eigenvalue weighted by atomic mass is 9.80. The second-order valence-corrected chi connectivity index (χ2v) is 5.16. The fraction of sp³-hybridized carbons (Fsp3) is 0.600. The van der Waals surface area contributed by atoms with Crippen LogP contribution in [0.2, 0.25) is 0 Å². The lowest BCUT2D eigenvalue weighted by molar-refractivity contribution is 0.313. The summed E-state index contributed by atoms with van der Waals surface area (Å²) < 4.78 is 0. The van der Waals surface area contributed by atoms with Crippen LogP contribution >= 0.6 is 0 Å². The van der Waals surface area contributed by atoms with E-state index in [4.69, 9.17) is 0 Å². The first-order valence-electron chi connectivity index (χ1n) is 6.73. The highest BCUT2D eigenvalue weighted by Crippen LogP contribution is 2.30. The van der Waals surface area contributed by atoms with E-state index in [-0.39, 0.29) is 0 Å². The zero-order valence-corrected chi connectivity index (χ0v) is 11.0. The topological polar surface area (TPSA) is 24.1 Å². The molecular weight excluding hydrogens is 208 g/mol. The lowest BCUT2D eigenvalue weighted by Gasteiger charge is -2.31. The van der Waals surface area contributed by atoms with Gasteiger partial charge in [-0.2, -0.15) is 0 Å². The van der Waals surface area contributed by atoms with Crippen LogP contribution < -0.4 is 10.6 Å². The van der Waals surface area contributed by atoms with Gasteiger partial charge < -0.3 is 10.6 Å². The summed E-state index contributed by atoms with van der Waals surface area (Å²) in [6, 6.07) is 9.08. The van der Waals surface area contributed by atoms with Crippen molar-refractivity contribution in [2.45, 2.75) is 25.7 Å². The molecule has 0 saturated carbocycles. The second kappa shape index (κ2) is 6.18. The minimum absolute atomic E-state index is 0.669. The van der Waals surface area contributed by atoms with Crippen LogP contribution in [-0.4, -0.2) is 26.7 Å². The summed E-state index contributed by atoms with van der Waals surface area (Å²) in [6.07, 6.45) is 2.61. The van der Waals surface area contributed by atoms with Crippen LogP contribution in [0.3, 0.4) is 0 Å². The SMILES string of the molecule is CNCC(c1ccc(C)cc1)C1CCNCC1. The van der Waals surface area contributed by atoms with E-state index in [9.17, 15) is 0 Å². The number of hydrogen-bond donors (Lipinski definition) is 2. The lowest BCUT2D eigenvalue weighted by Crippen LogP contribution is -2.34. The summed E-state index contributed by atoms with van der Waals surface area (Å²) >= 11 is 0. The van der Waals surface area contributed by atoms with Crippen molar-refractivity contribution in [1.82, 2.24) is 10.6 Å². The first-order valence-corrected chi connectivity index (χ1v) is 6.73. The van der Waals surface area contributed by atoms with Gasteiger partial charge in [-0.3, -0.25) is 0 Å². The van der Waals surface area contributed by atoms with Crippen LogP contribution in [0.25, 0.3) is 0 Å². The Morgan fingerprint density at radius 2 is 1.88 bits per heavy atom. The molecule has 1 atom stereocenters. The Morgan fingerprint density at radius 3 is 2.47 bits per heavy atom. The van der Waals surface area contributed by atoms with E-state index in [1.807, 2.05) is 0 Å². The molecule has 0 bridgehead atoms. The van der Waals surface area contributed by atoms with Gasteiger partial charge in [0.15, 0.2) is 0 Å². The molecule has 0 radical (unpaired) electrons. The molecule has 1 aromatic rings. The van der Waals surface area contributed by atoms with Gasteiger partial charge in [-0.05, 0) is 57.3 Å². The number of nitrogens with one attached hydrogen (secondary N) is 2. The van der Waals surface area contributed by atoms with Crippen LogP contribution in [0.1, 0.15) is 29.9 Å². The van der Waals surface area contributed by atoms with Crippen molar-refractivity contribution in [3.8, 4) is 0 Å². The van der Waals surface area contributed by atoms with E-state index in [0.29, 0.717) is 5.92 Å². The highest BCUT2D eigenvalue weighted by Gasteiger charge is 2.24. The molecule has 0 aromatic heterocycles. The molecule has 0 amide bonds. The van der Waals surface area contributed by atoms with Crippen LogP contribution in [-0.2, 0) is 0 Å². The van der Waals surface area contributed by atoms with Gasteiger partial charge in [0.2, 0.25) is 0 Å². The van der Waals surface area contributed by atoms with Gasteiger partial charge in [-0.15, -0.1) is 0 Å². The average molecular weight is 232 g/mol. The molecule has 0 spiro atoms. The molecule has 2 rings (SSSR count). The summed E-state index contributed by atoms with van der Waals surface area (Å²) in [4.78, 5) is 0. The third-order valence-electron chi connectivity index (χ3n) is 3.88. The minimum Gasteiger partial charge on any atom is -0.319 e. The largest absolute Gasteiger partial charge is 0.319 e. The number of benzene rings is 1. The van der Waals surface area contributed by atoms with E-state index in [1.54, 1.807) is 0 Å². The summed E-state index contributed by atoms with van der Waals surface area (Å²) in [5, 5.41) is 6.81. The van der Waals surface area contributed by atoms with Crippen LogP contribution in [0.15, 0.2) is 24.3 Å². The molecule has 1 aliphatic rings. The van der Waals surface area contributed by atoms with E-state index >= 15 is 0 Å². The molecule has 94 valence electrons. The quantitative estimate of drug-likeness (QED) is 0.832. The number of hydrogen-bond acceptors (Lipinski definition) is 2. The maximum atomic E-state index is 3.45. The molecule has 1 unspecified atom stereocenters. The summed E-state index contributed by atoms with van der Waals surface area (Å²) in [5.41, 5.74) is 2.85. The number of rotatable bonds is 4. The van der Waals surface area contributed by atoms with Crippen molar-refractivity contribution in [1.29, 1.82) is 0 Å². The van der Waals surface area contributed by atoms with Gasteiger partial charge in [-0.1, -0.05) is 29.8 Å². The molecule has 1 fully saturated rings. The van der Waals surface area contributed by atoms with Crippen molar-refractivity contribution >= 4 is 0 Å². The van der Waals surface area contributed by atoms with E-state index in [0.717, 1.165) is 12.5 Å². The Kier molecular flexibility index (Phi) is 4.57. The van der Waals surface area contributed by atoms with Crippen molar-refractivity contribution in [2.75, 3.05) is 26.7 Å². The van der Waals surface area contributed by atoms with Crippen molar-refractivity contribution in [3.05, 3.63) is 35.4 Å². The average Bonchev–Trinajstić information content (AvgIpc) is 2.38. The first-order chi connectivity index (χ1) is 8.31. The molecule has 2 heteroatoms. The van der Waals surface area contributed by atoms with Crippen LogP contribution in [0.5, 0.6) is 0 Å². The Labute approximate surface area is 105 Å². The predicted octanol–water partition coefficient (Wildman–Crippen LogP) is 2.30. The maximum Gasteiger partial charge on any atom is 0.00198 e.